The first-order chi connectivity index (χ1) is 10.3. The highest BCUT2D eigenvalue weighted by Gasteiger charge is 2.05. The Bertz CT molecular complexity index is 723. The second-order valence-corrected chi connectivity index (χ2v) is 5.47. The van der Waals surface area contributed by atoms with Crippen LogP contribution < -0.4 is 5.32 Å². The zero-order valence-electron chi connectivity index (χ0n) is 12.7. The van der Waals surface area contributed by atoms with E-state index in [2.05, 4.69) is 56.8 Å². The third-order valence-corrected chi connectivity index (χ3v) is 3.82. The first-order valence-corrected chi connectivity index (χ1v) is 7.52. The van der Waals surface area contributed by atoms with Crippen molar-refractivity contribution < 1.29 is 0 Å². The average Bonchev–Trinajstić information content (AvgIpc) is 3.07. The van der Waals surface area contributed by atoms with Gasteiger partial charge in [-0.15, -0.1) is 0 Å². The maximum atomic E-state index is 4.40. The van der Waals surface area contributed by atoms with Crippen molar-refractivity contribution in [1.82, 2.24) is 19.4 Å². The standard InChI is InChI=1S/C17H22N4/c1-3-7-18-12-14-4-5-16-15(11-14)6-9-21(16)13-17-19-8-10-20(17)2/h4-6,8-11,18H,3,7,12-13H2,1-2H3. The van der Waals surface area contributed by atoms with Gasteiger partial charge in [0.2, 0.25) is 0 Å². The van der Waals surface area contributed by atoms with Gasteiger partial charge in [0.25, 0.3) is 0 Å². The van der Waals surface area contributed by atoms with E-state index < -0.39 is 0 Å². The third kappa shape index (κ3) is 3.00. The van der Waals surface area contributed by atoms with E-state index >= 15 is 0 Å². The van der Waals surface area contributed by atoms with Crippen LogP contribution in [0.15, 0.2) is 42.9 Å². The predicted octanol–water partition coefficient (Wildman–Crippen LogP) is 2.92. The van der Waals surface area contributed by atoms with Crippen molar-refractivity contribution >= 4 is 10.9 Å². The van der Waals surface area contributed by atoms with Crippen LogP contribution in [0.5, 0.6) is 0 Å². The smallest absolute Gasteiger partial charge is 0.128 e. The Kier molecular flexibility index (Phi) is 4.06. The molecule has 0 bridgehead atoms. The Labute approximate surface area is 125 Å². The van der Waals surface area contributed by atoms with Crippen molar-refractivity contribution in [3.8, 4) is 0 Å². The number of hydrogen-bond donors (Lipinski definition) is 1. The molecule has 2 aromatic heterocycles. The number of aromatic nitrogens is 3. The predicted molar refractivity (Wildman–Crippen MR) is 86.2 cm³/mol. The van der Waals surface area contributed by atoms with Crippen LogP contribution in [-0.4, -0.2) is 20.7 Å². The van der Waals surface area contributed by atoms with Crippen molar-refractivity contribution in [1.29, 1.82) is 0 Å². The molecule has 0 atom stereocenters. The number of nitrogens with one attached hydrogen (secondary N) is 1. The summed E-state index contributed by atoms with van der Waals surface area (Å²) in [6.45, 7) is 5.00. The lowest BCUT2D eigenvalue weighted by Gasteiger charge is -2.07. The van der Waals surface area contributed by atoms with Gasteiger partial charge in [-0.1, -0.05) is 13.0 Å². The number of benzene rings is 1. The summed E-state index contributed by atoms with van der Waals surface area (Å²) in [7, 11) is 2.03. The zero-order valence-corrected chi connectivity index (χ0v) is 12.7. The van der Waals surface area contributed by atoms with Crippen molar-refractivity contribution in [2.24, 2.45) is 7.05 Å². The minimum absolute atomic E-state index is 0.806. The van der Waals surface area contributed by atoms with E-state index in [-0.39, 0.29) is 0 Å². The number of rotatable bonds is 6. The Morgan fingerprint density at radius 1 is 1.19 bits per heavy atom. The second-order valence-electron chi connectivity index (χ2n) is 5.47. The van der Waals surface area contributed by atoms with E-state index in [0.29, 0.717) is 0 Å². The number of imidazole rings is 1. The highest BCUT2D eigenvalue weighted by Crippen LogP contribution is 2.18. The molecule has 0 fully saturated rings. The molecule has 0 aliphatic rings. The van der Waals surface area contributed by atoms with Gasteiger partial charge in [0, 0.05) is 37.7 Å². The molecule has 21 heavy (non-hydrogen) atoms. The van der Waals surface area contributed by atoms with Crippen molar-refractivity contribution in [2.45, 2.75) is 26.4 Å². The normalized spacial score (nSPS) is 11.3. The van der Waals surface area contributed by atoms with Gasteiger partial charge in [-0.05, 0) is 42.1 Å². The van der Waals surface area contributed by atoms with Crippen molar-refractivity contribution in [3.63, 3.8) is 0 Å². The first-order valence-electron chi connectivity index (χ1n) is 7.52. The van der Waals surface area contributed by atoms with Gasteiger partial charge in [0.1, 0.15) is 5.82 Å². The number of hydrogen-bond acceptors (Lipinski definition) is 2. The van der Waals surface area contributed by atoms with E-state index in [1.54, 1.807) is 0 Å². The third-order valence-electron chi connectivity index (χ3n) is 3.82. The highest BCUT2D eigenvalue weighted by molar-refractivity contribution is 5.80. The molecule has 0 amide bonds. The SMILES string of the molecule is CCCNCc1ccc2c(ccn2Cc2nccn2C)c1. The molecule has 0 aliphatic carbocycles. The van der Waals surface area contributed by atoms with Gasteiger partial charge < -0.3 is 14.5 Å². The maximum Gasteiger partial charge on any atom is 0.128 e. The summed E-state index contributed by atoms with van der Waals surface area (Å²) in [5.41, 5.74) is 2.60. The van der Waals surface area contributed by atoms with E-state index in [9.17, 15) is 0 Å². The fourth-order valence-electron chi connectivity index (χ4n) is 2.61. The summed E-state index contributed by atoms with van der Waals surface area (Å²) in [5, 5.41) is 4.74. The molecule has 4 nitrogen and oxygen atoms in total. The number of nitrogens with zero attached hydrogens (tertiary/aromatic N) is 3. The van der Waals surface area contributed by atoms with Crippen LogP contribution in [-0.2, 0) is 20.1 Å². The van der Waals surface area contributed by atoms with Gasteiger partial charge in [-0.25, -0.2) is 4.98 Å². The summed E-state index contributed by atoms with van der Waals surface area (Å²) in [5.74, 6) is 1.07. The van der Waals surface area contributed by atoms with Gasteiger partial charge in [0.15, 0.2) is 0 Å². The van der Waals surface area contributed by atoms with E-state index in [1.807, 2.05) is 19.4 Å². The van der Waals surface area contributed by atoms with Gasteiger partial charge >= 0.3 is 0 Å². The minimum Gasteiger partial charge on any atom is -0.340 e. The van der Waals surface area contributed by atoms with Crippen LogP contribution in [0.3, 0.4) is 0 Å². The molecule has 1 aromatic carbocycles. The van der Waals surface area contributed by atoms with E-state index in [1.165, 1.54) is 22.9 Å². The average molecular weight is 282 g/mol. The van der Waals surface area contributed by atoms with Gasteiger partial charge in [-0.2, -0.15) is 0 Å². The quantitative estimate of drug-likeness (QED) is 0.705. The molecule has 1 N–H and O–H groups in total. The van der Waals surface area contributed by atoms with Crippen LogP contribution in [0.2, 0.25) is 0 Å². The molecule has 0 spiro atoms. The largest absolute Gasteiger partial charge is 0.340 e. The fraction of sp³-hybridized carbons (Fsp3) is 0.353. The number of aryl methyl sites for hydroxylation is 1. The molecule has 0 saturated heterocycles. The monoisotopic (exact) mass is 282 g/mol. The van der Waals surface area contributed by atoms with Gasteiger partial charge in [0.05, 0.1) is 6.54 Å². The molecule has 110 valence electrons. The topological polar surface area (TPSA) is 34.8 Å². The molecule has 0 unspecified atom stereocenters. The second kappa shape index (κ2) is 6.14. The summed E-state index contributed by atoms with van der Waals surface area (Å²) in [4.78, 5) is 4.40. The molecule has 3 aromatic rings. The lowest BCUT2D eigenvalue weighted by atomic mass is 10.1. The molecule has 0 radical (unpaired) electrons. The van der Waals surface area contributed by atoms with Crippen LogP contribution in [0, 0.1) is 0 Å². The maximum absolute atomic E-state index is 4.40. The summed E-state index contributed by atoms with van der Waals surface area (Å²) in [6.07, 6.45) is 7.14. The molecule has 0 saturated carbocycles. The Balaban J connectivity index is 1.81. The molecule has 4 heteroatoms. The summed E-state index contributed by atoms with van der Waals surface area (Å²) < 4.78 is 4.32. The summed E-state index contributed by atoms with van der Waals surface area (Å²) in [6, 6.07) is 8.87. The van der Waals surface area contributed by atoms with Crippen molar-refractivity contribution in [3.05, 3.63) is 54.2 Å². The van der Waals surface area contributed by atoms with Gasteiger partial charge in [-0.3, -0.25) is 0 Å². The van der Waals surface area contributed by atoms with Crippen molar-refractivity contribution in [2.75, 3.05) is 6.54 Å². The fourth-order valence-corrected chi connectivity index (χ4v) is 2.61. The lowest BCUT2D eigenvalue weighted by molar-refractivity contribution is 0.676. The lowest BCUT2D eigenvalue weighted by Crippen LogP contribution is -2.13. The molecule has 0 aliphatic heterocycles. The minimum atomic E-state index is 0.806. The van der Waals surface area contributed by atoms with E-state index in [0.717, 1.165) is 25.5 Å². The Morgan fingerprint density at radius 2 is 2.10 bits per heavy atom. The Morgan fingerprint density at radius 3 is 2.86 bits per heavy atom. The zero-order chi connectivity index (χ0) is 14.7. The van der Waals surface area contributed by atoms with Crippen LogP contribution >= 0.6 is 0 Å². The molecule has 2 heterocycles. The first kappa shape index (κ1) is 13.9. The van der Waals surface area contributed by atoms with E-state index in [4.69, 9.17) is 0 Å². The van der Waals surface area contributed by atoms with Crippen LogP contribution in [0.1, 0.15) is 24.7 Å². The highest BCUT2D eigenvalue weighted by atomic mass is 15.1. The molecular weight excluding hydrogens is 260 g/mol. The Hall–Kier alpha value is -2.07. The van der Waals surface area contributed by atoms with Crippen LogP contribution in [0.25, 0.3) is 10.9 Å². The number of fused-ring (bicyclic) bond motifs is 1. The molecule has 3 rings (SSSR count). The van der Waals surface area contributed by atoms with Crippen LogP contribution in [0.4, 0.5) is 0 Å². The summed E-state index contributed by atoms with van der Waals surface area (Å²) >= 11 is 0. The molecular formula is C17H22N4.